The van der Waals surface area contributed by atoms with Crippen LogP contribution >= 0.6 is 7.82 Å². The summed E-state index contributed by atoms with van der Waals surface area (Å²) in [5, 5.41) is 0. The van der Waals surface area contributed by atoms with Crippen LogP contribution in [0.1, 0.15) is 328 Å². The van der Waals surface area contributed by atoms with Crippen LogP contribution in [-0.4, -0.2) is 74.9 Å². The van der Waals surface area contributed by atoms with Crippen molar-refractivity contribution in [2.24, 2.45) is 0 Å². The van der Waals surface area contributed by atoms with Crippen molar-refractivity contribution in [2.75, 3.05) is 47.5 Å². The van der Waals surface area contributed by atoms with Gasteiger partial charge in [0, 0.05) is 12.8 Å². The lowest BCUT2D eigenvalue weighted by Gasteiger charge is -2.24. The molecule has 0 heterocycles. The normalized spacial score (nSPS) is 13.7. The van der Waals surface area contributed by atoms with Crippen molar-refractivity contribution in [3.8, 4) is 0 Å². The van der Waals surface area contributed by atoms with Crippen LogP contribution in [0.5, 0.6) is 0 Å². The second-order valence-electron chi connectivity index (χ2n) is 25.6. The third-order valence-electron chi connectivity index (χ3n) is 15.9. The zero-order chi connectivity index (χ0) is 63.4. The number of esters is 2. The first kappa shape index (κ1) is 83.9. The van der Waals surface area contributed by atoms with Crippen LogP contribution < -0.4 is 0 Å². The summed E-state index contributed by atoms with van der Waals surface area (Å²) in [6, 6.07) is 0. The molecule has 2 atom stereocenters. The lowest BCUT2D eigenvalue weighted by atomic mass is 10.0. The molecule has 0 saturated carbocycles. The Morgan fingerprint density at radius 3 is 0.977 bits per heavy atom. The minimum absolute atomic E-state index is 0.0229. The number of allylic oxidation sites excluding steroid dienone is 16. The molecule has 10 heteroatoms. The Labute approximate surface area is 538 Å². The van der Waals surface area contributed by atoms with Gasteiger partial charge in [-0.15, -0.1) is 0 Å². The molecular weight excluding hydrogens is 1100 g/mol. The summed E-state index contributed by atoms with van der Waals surface area (Å²) < 4.78 is 34.7. The maximum absolute atomic E-state index is 12.9. The molecule has 0 aromatic carbocycles. The zero-order valence-corrected chi connectivity index (χ0v) is 58.4. The number of likely N-dealkylation sites (N-methyl/N-ethyl adjacent to an activating group) is 1. The third kappa shape index (κ3) is 71.9. The van der Waals surface area contributed by atoms with E-state index >= 15 is 0 Å². The standard InChI is InChI=1S/C77H138NO8P/c1-6-8-10-12-14-16-18-20-22-24-26-28-30-32-34-36-37-38-39-40-42-43-45-47-49-51-53-55-57-59-61-63-65-67-69-76(79)83-73-75(74-85-87(81,82)84-72-71-78(3,4)5)86-77(80)70-68-66-64-62-60-58-56-54-52-50-48-46-44-41-35-33-31-29-27-25-23-21-19-17-15-13-11-9-7-2/h9,11,15,17,21,23,27,29,33,35,44,46,50,52,56,58,75H,6-8,10,12-14,16,18-20,22,24-26,28,30-32,34,36-43,45,47-49,51,53-55,57,59-74H2,1-5H3/p+1/b11-9-,17-15-,23-21-,29-27-,35-33-,46-44-,52-50-,58-56-. The first-order chi connectivity index (χ1) is 42.5. The molecule has 0 aromatic heterocycles. The summed E-state index contributed by atoms with van der Waals surface area (Å²) in [5.74, 6) is -0.820. The van der Waals surface area contributed by atoms with Gasteiger partial charge in [-0.3, -0.25) is 18.6 Å². The highest BCUT2D eigenvalue weighted by Gasteiger charge is 2.27. The molecule has 0 saturated heterocycles. The van der Waals surface area contributed by atoms with E-state index < -0.39 is 26.5 Å². The largest absolute Gasteiger partial charge is 0.472 e. The lowest BCUT2D eigenvalue weighted by molar-refractivity contribution is -0.870. The van der Waals surface area contributed by atoms with Gasteiger partial charge in [-0.05, 0) is 77.0 Å². The van der Waals surface area contributed by atoms with Gasteiger partial charge in [-0.1, -0.05) is 336 Å². The average Bonchev–Trinajstić information content (AvgIpc) is 3.56. The molecule has 0 amide bonds. The van der Waals surface area contributed by atoms with Crippen molar-refractivity contribution in [2.45, 2.75) is 335 Å². The van der Waals surface area contributed by atoms with Crippen LogP contribution in [0.15, 0.2) is 97.2 Å². The SMILES string of the molecule is CC/C=C\C/C=C\C/C=C\C/C=C\C/C=C\C/C=C\C/C=C\C/C=C\CCCCCCC(=O)OC(COC(=O)CCCCCCCCCCCCCCCCCCCCCCCCCCCCCCCCCCCC)COP(=O)(O)OCC[N+](C)(C)C. The number of carbonyl (C=O) groups excluding carboxylic acids is 2. The molecule has 504 valence electrons. The van der Waals surface area contributed by atoms with E-state index in [0.717, 1.165) is 96.3 Å². The van der Waals surface area contributed by atoms with Crippen LogP contribution in [0, 0.1) is 0 Å². The van der Waals surface area contributed by atoms with Crippen molar-refractivity contribution in [1.82, 2.24) is 0 Å². The fourth-order valence-electron chi connectivity index (χ4n) is 10.3. The highest BCUT2D eigenvalue weighted by molar-refractivity contribution is 7.47. The molecule has 0 aliphatic rings. The summed E-state index contributed by atoms with van der Waals surface area (Å²) in [7, 11) is 1.46. The van der Waals surface area contributed by atoms with Crippen molar-refractivity contribution >= 4 is 19.8 Å². The number of unbranched alkanes of at least 4 members (excludes halogenated alkanes) is 37. The molecule has 0 aromatic rings. The topological polar surface area (TPSA) is 108 Å². The molecule has 9 nitrogen and oxygen atoms in total. The van der Waals surface area contributed by atoms with Gasteiger partial charge >= 0.3 is 19.8 Å². The summed E-state index contributed by atoms with van der Waals surface area (Å²) in [6.07, 6.45) is 93.9. The van der Waals surface area contributed by atoms with Crippen LogP contribution in [0.25, 0.3) is 0 Å². The van der Waals surface area contributed by atoms with Crippen LogP contribution in [0.3, 0.4) is 0 Å². The Kier molecular flexibility index (Phi) is 65.0. The van der Waals surface area contributed by atoms with Crippen molar-refractivity contribution in [1.29, 1.82) is 0 Å². The van der Waals surface area contributed by atoms with Gasteiger partial charge in [0.15, 0.2) is 6.10 Å². The molecule has 0 aliphatic carbocycles. The number of hydrogen-bond donors (Lipinski definition) is 1. The number of nitrogens with zero attached hydrogens (tertiary/aromatic N) is 1. The molecule has 0 rings (SSSR count). The van der Waals surface area contributed by atoms with Crippen molar-refractivity contribution in [3.63, 3.8) is 0 Å². The molecule has 2 unspecified atom stereocenters. The summed E-state index contributed by atoms with van der Waals surface area (Å²) in [5.41, 5.74) is 0. The van der Waals surface area contributed by atoms with Crippen LogP contribution in [0.2, 0.25) is 0 Å². The number of hydrogen-bond acceptors (Lipinski definition) is 7. The average molecular weight is 1240 g/mol. The second kappa shape index (κ2) is 67.3. The molecule has 1 N–H and O–H groups in total. The van der Waals surface area contributed by atoms with E-state index in [2.05, 4.69) is 111 Å². The van der Waals surface area contributed by atoms with Crippen molar-refractivity contribution in [3.05, 3.63) is 97.2 Å². The predicted octanol–water partition coefficient (Wildman–Crippen LogP) is 23.9. The van der Waals surface area contributed by atoms with E-state index in [1.54, 1.807) is 0 Å². The zero-order valence-electron chi connectivity index (χ0n) is 57.5. The molecule has 0 aliphatic heterocycles. The third-order valence-corrected chi connectivity index (χ3v) is 16.9. The van der Waals surface area contributed by atoms with Gasteiger partial charge in [0.25, 0.3) is 0 Å². The first-order valence-electron chi connectivity index (χ1n) is 36.5. The fourth-order valence-corrected chi connectivity index (χ4v) is 11.1. The Bertz CT molecular complexity index is 1790. The monoisotopic (exact) mass is 1240 g/mol. The van der Waals surface area contributed by atoms with Gasteiger partial charge in [-0.25, -0.2) is 4.57 Å². The number of carbonyl (C=O) groups is 2. The minimum atomic E-state index is -4.41. The first-order valence-corrected chi connectivity index (χ1v) is 38.0. The van der Waals surface area contributed by atoms with Gasteiger partial charge in [-0.2, -0.15) is 0 Å². The van der Waals surface area contributed by atoms with Gasteiger partial charge in [0.1, 0.15) is 19.8 Å². The minimum Gasteiger partial charge on any atom is -0.462 e. The van der Waals surface area contributed by atoms with E-state index in [9.17, 15) is 19.0 Å². The number of ether oxygens (including phenoxy) is 2. The summed E-state index contributed by atoms with van der Waals surface area (Å²) >= 11 is 0. The maximum atomic E-state index is 12.9. The molecule has 87 heavy (non-hydrogen) atoms. The molecule has 0 bridgehead atoms. The van der Waals surface area contributed by atoms with E-state index in [4.69, 9.17) is 18.5 Å². The van der Waals surface area contributed by atoms with E-state index in [-0.39, 0.29) is 32.0 Å². The predicted molar refractivity (Wildman–Crippen MR) is 376 cm³/mol. The van der Waals surface area contributed by atoms with E-state index in [0.29, 0.717) is 17.4 Å². The fraction of sp³-hybridized carbons (Fsp3) is 0.766. The highest BCUT2D eigenvalue weighted by atomic mass is 31.2. The van der Waals surface area contributed by atoms with Gasteiger partial charge in [0.2, 0.25) is 0 Å². The molecule has 0 fully saturated rings. The van der Waals surface area contributed by atoms with Gasteiger partial charge in [0.05, 0.1) is 27.7 Å². The summed E-state index contributed by atoms with van der Waals surface area (Å²) in [6.45, 7) is 4.33. The Hall–Kier alpha value is -3.07. The molecule has 0 spiro atoms. The maximum Gasteiger partial charge on any atom is 0.472 e. The van der Waals surface area contributed by atoms with Crippen LogP contribution in [-0.2, 0) is 32.7 Å². The van der Waals surface area contributed by atoms with Crippen LogP contribution in [0.4, 0.5) is 0 Å². The summed E-state index contributed by atoms with van der Waals surface area (Å²) in [4.78, 5) is 35.9. The molecular formula is C77H139NO8P+. The second-order valence-corrected chi connectivity index (χ2v) is 27.1. The Morgan fingerprint density at radius 1 is 0.368 bits per heavy atom. The molecule has 0 radical (unpaired) electrons. The van der Waals surface area contributed by atoms with E-state index in [1.807, 2.05) is 21.1 Å². The number of phosphoric acid groups is 1. The highest BCUT2D eigenvalue weighted by Crippen LogP contribution is 2.43. The smallest absolute Gasteiger partial charge is 0.462 e. The van der Waals surface area contributed by atoms with Crippen molar-refractivity contribution < 1.29 is 42.1 Å². The van der Waals surface area contributed by atoms with Gasteiger partial charge < -0.3 is 18.9 Å². The Balaban J connectivity index is 4.06. The number of rotatable bonds is 67. The quantitative estimate of drug-likeness (QED) is 0.0211. The lowest BCUT2D eigenvalue weighted by Crippen LogP contribution is -2.37. The number of phosphoric ester groups is 1. The van der Waals surface area contributed by atoms with E-state index in [1.165, 1.54) is 199 Å². The Morgan fingerprint density at radius 2 is 0.655 bits per heavy atom. The number of quaternary nitrogens is 1.